The van der Waals surface area contributed by atoms with E-state index in [1.807, 2.05) is 9.80 Å². The number of carboxylic acid groups (broad SMARTS) is 1. The summed E-state index contributed by atoms with van der Waals surface area (Å²) in [5.74, 6) is -0.970. The van der Waals surface area contributed by atoms with Crippen LogP contribution in [0.1, 0.15) is 57.8 Å². The molecular weight excluding hydrogens is 485 g/mol. The monoisotopic (exact) mass is 525 g/mol. The van der Waals surface area contributed by atoms with Crippen LogP contribution in [0.25, 0.3) is 0 Å². The first-order valence-corrected chi connectivity index (χ1v) is 12.0. The van der Waals surface area contributed by atoms with Crippen molar-refractivity contribution >= 4 is 42.7 Å². The topological polar surface area (TPSA) is 141 Å². The molecule has 0 aliphatic carbocycles. The van der Waals surface area contributed by atoms with Crippen LogP contribution in [-0.2, 0) is 19.1 Å². The summed E-state index contributed by atoms with van der Waals surface area (Å²) in [6.07, 6.45) is 7.13. The van der Waals surface area contributed by atoms with Gasteiger partial charge in [-0.2, -0.15) is 0 Å². The summed E-state index contributed by atoms with van der Waals surface area (Å²) in [6.45, 7) is 3.95. The molecule has 34 heavy (non-hydrogen) atoms. The van der Waals surface area contributed by atoms with Crippen LogP contribution in [0.3, 0.4) is 0 Å². The largest absolute Gasteiger partial charge is 0.481 e. The van der Waals surface area contributed by atoms with Crippen LogP contribution in [-0.4, -0.2) is 96.4 Å². The fraction of sp³-hybridized carbons (Fsp3) is 0.864. The average molecular weight is 527 g/mol. The van der Waals surface area contributed by atoms with Gasteiger partial charge in [0.25, 0.3) is 0 Å². The number of carboxylic acids is 1. The summed E-state index contributed by atoms with van der Waals surface area (Å²) in [4.78, 5) is 28.5. The zero-order valence-electron chi connectivity index (χ0n) is 19.8. The lowest BCUT2D eigenvalue weighted by molar-refractivity contribution is -0.145. The van der Waals surface area contributed by atoms with Crippen LogP contribution >= 0.6 is 24.8 Å². The van der Waals surface area contributed by atoms with Crippen molar-refractivity contribution in [2.75, 3.05) is 39.5 Å². The van der Waals surface area contributed by atoms with Crippen molar-refractivity contribution in [2.45, 2.75) is 82.0 Å². The van der Waals surface area contributed by atoms with Crippen molar-refractivity contribution < 1.29 is 24.2 Å². The highest BCUT2D eigenvalue weighted by molar-refractivity contribution is 5.86. The number of aliphatic carboxylic acids is 1. The highest BCUT2D eigenvalue weighted by Crippen LogP contribution is 2.23. The molecule has 10 nitrogen and oxygen atoms in total. The fourth-order valence-corrected chi connectivity index (χ4v) is 4.97. The Labute approximate surface area is 214 Å². The van der Waals surface area contributed by atoms with Crippen LogP contribution in [0.5, 0.6) is 0 Å². The van der Waals surface area contributed by atoms with Gasteiger partial charge in [-0.25, -0.2) is 0 Å². The van der Waals surface area contributed by atoms with Gasteiger partial charge in [-0.3, -0.25) is 15.0 Å². The van der Waals surface area contributed by atoms with Crippen molar-refractivity contribution in [2.24, 2.45) is 5.73 Å². The molecule has 3 atom stereocenters. The lowest BCUT2D eigenvalue weighted by Crippen LogP contribution is -2.56. The second-order valence-corrected chi connectivity index (χ2v) is 9.14. The number of guanidine groups is 1. The second-order valence-electron chi connectivity index (χ2n) is 9.14. The summed E-state index contributed by atoms with van der Waals surface area (Å²) in [6, 6.07) is -0.629. The molecule has 0 aromatic carbocycles. The molecule has 0 aromatic rings. The molecule has 1 amide bonds. The predicted molar refractivity (Wildman–Crippen MR) is 134 cm³/mol. The Bertz CT molecular complexity index is 645. The zero-order valence-corrected chi connectivity index (χ0v) is 21.4. The number of amides is 1. The number of rotatable bonds is 9. The SMILES string of the molecule is Cl.Cl.N=C(N)N1CCC(OCC[C@@H]2CCCCN2C(=O)[C@H](CC(=O)O)NC2CCCOC2)CC1. The average Bonchev–Trinajstić information content (AvgIpc) is 2.79. The van der Waals surface area contributed by atoms with Crippen molar-refractivity contribution in [3.05, 3.63) is 0 Å². The number of nitrogens with zero attached hydrogens (tertiary/aromatic N) is 2. The van der Waals surface area contributed by atoms with Gasteiger partial charge in [0.05, 0.1) is 25.2 Å². The molecule has 12 heteroatoms. The molecule has 3 aliphatic heterocycles. The third-order valence-electron chi connectivity index (χ3n) is 6.77. The lowest BCUT2D eigenvalue weighted by atomic mass is 9.97. The van der Waals surface area contributed by atoms with Crippen molar-refractivity contribution in [1.29, 1.82) is 5.41 Å². The third kappa shape index (κ3) is 9.37. The first-order chi connectivity index (χ1) is 15.4. The Morgan fingerprint density at radius 1 is 1.12 bits per heavy atom. The highest BCUT2D eigenvalue weighted by atomic mass is 35.5. The van der Waals surface area contributed by atoms with E-state index >= 15 is 0 Å². The molecule has 0 saturated carbocycles. The number of hydrogen-bond acceptors (Lipinski definition) is 6. The Morgan fingerprint density at radius 3 is 2.47 bits per heavy atom. The Kier molecular flexibility index (Phi) is 14.1. The standard InChI is InChI=1S/C22H39N5O5.2ClH/c23-22(24)26-10-6-18(7-11-26)32-13-8-17-5-1-2-9-27(17)21(30)19(14-20(28)29)25-16-4-3-12-31-15-16;;/h16-19,25H,1-15H2,(H3,23,24)(H,28,29);2*1H/t16?,17-,19-;;/m0../s1. The van der Waals surface area contributed by atoms with E-state index in [0.717, 1.165) is 71.1 Å². The van der Waals surface area contributed by atoms with E-state index in [1.54, 1.807) is 0 Å². The van der Waals surface area contributed by atoms with E-state index in [4.69, 9.17) is 20.6 Å². The molecule has 3 heterocycles. The Hall–Kier alpha value is -1.33. The maximum Gasteiger partial charge on any atom is 0.305 e. The number of likely N-dealkylation sites (tertiary alicyclic amines) is 2. The van der Waals surface area contributed by atoms with Crippen LogP contribution < -0.4 is 11.1 Å². The Morgan fingerprint density at radius 2 is 1.85 bits per heavy atom. The van der Waals surface area contributed by atoms with Gasteiger partial charge >= 0.3 is 5.97 Å². The number of hydrogen-bond donors (Lipinski definition) is 4. The van der Waals surface area contributed by atoms with Gasteiger partial charge in [0.2, 0.25) is 5.91 Å². The maximum absolute atomic E-state index is 13.4. The van der Waals surface area contributed by atoms with E-state index in [-0.39, 0.29) is 61.3 Å². The number of ether oxygens (including phenoxy) is 2. The molecule has 3 aliphatic rings. The number of carbonyl (C=O) groups excluding carboxylic acids is 1. The minimum atomic E-state index is -0.971. The van der Waals surface area contributed by atoms with Crippen LogP contribution in [0, 0.1) is 5.41 Å². The summed E-state index contributed by atoms with van der Waals surface area (Å²) in [5, 5.41) is 20.2. The smallest absolute Gasteiger partial charge is 0.305 e. The van der Waals surface area contributed by atoms with Crippen molar-refractivity contribution in [1.82, 2.24) is 15.1 Å². The Balaban J connectivity index is 0.00000289. The quantitative estimate of drug-likeness (QED) is 0.262. The molecule has 5 N–H and O–H groups in total. The first-order valence-electron chi connectivity index (χ1n) is 12.0. The minimum Gasteiger partial charge on any atom is -0.481 e. The van der Waals surface area contributed by atoms with Gasteiger partial charge in [-0.1, -0.05) is 0 Å². The predicted octanol–water partition coefficient (Wildman–Crippen LogP) is 1.59. The number of nitrogens with one attached hydrogen (secondary N) is 2. The number of piperidine rings is 2. The summed E-state index contributed by atoms with van der Waals surface area (Å²) >= 11 is 0. The molecule has 0 aromatic heterocycles. The van der Waals surface area contributed by atoms with E-state index in [9.17, 15) is 14.7 Å². The summed E-state index contributed by atoms with van der Waals surface area (Å²) in [7, 11) is 0. The fourth-order valence-electron chi connectivity index (χ4n) is 4.97. The van der Waals surface area contributed by atoms with Crippen molar-refractivity contribution in [3.63, 3.8) is 0 Å². The van der Waals surface area contributed by atoms with Crippen molar-refractivity contribution in [3.8, 4) is 0 Å². The molecule has 1 unspecified atom stereocenters. The summed E-state index contributed by atoms with van der Waals surface area (Å²) in [5.41, 5.74) is 5.55. The van der Waals surface area contributed by atoms with Crippen LogP contribution in [0.4, 0.5) is 0 Å². The van der Waals surface area contributed by atoms with Gasteiger partial charge in [-0.05, 0) is 51.4 Å². The van der Waals surface area contributed by atoms with E-state index in [2.05, 4.69) is 5.32 Å². The first kappa shape index (κ1) is 30.7. The second kappa shape index (κ2) is 15.6. The summed E-state index contributed by atoms with van der Waals surface area (Å²) < 4.78 is 11.6. The number of nitrogens with two attached hydrogens (primary N) is 1. The molecule has 198 valence electrons. The molecule has 3 saturated heterocycles. The number of carbonyl (C=O) groups is 2. The van der Waals surface area contributed by atoms with E-state index in [0.29, 0.717) is 19.8 Å². The number of halogens is 2. The van der Waals surface area contributed by atoms with E-state index in [1.165, 1.54) is 0 Å². The molecule has 3 fully saturated rings. The normalized spacial score (nSPS) is 24.5. The van der Waals surface area contributed by atoms with Gasteiger partial charge in [0, 0.05) is 44.9 Å². The third-order valence-corrected chi connectivity index (χ3v) is 6.77. The zero-order chi connectivity index (χ0) is 22.9. The minimum absolute atomic E-state index is 0. The van der Waals surface area contributed by atoms with E-state index < -0.39 is 12.0 Å². The van der Waals surface area contributed by atoms with Gasteiger partial charge in [0.1, 0.15) is 0 Å². The maximum atomic E-state index is 13.4. The molecule has 0 spiro atoms. The van der Waals surface area contributed by atoms with Gasteiger partial charge in [0.15, 0.2) is 5.96 Å². The molecular formula is C22H41Cl2N5O5. The van der Waals surface area contributed by atoms with Crippen LogP contribution in [0.2, 0.25) is 0 Å². The molecule has 0 bridgehead atoms. The van der Waals surface area contributed by atoms with Gasteiger partial charge < -0.3 is 35.4 Å². The lowest BCUT2D eigenvalue weighted by Gasteiger charge is -2.39. The molecule has 0 radical (unpaired) electrons. The van der Waals surface area contributed by atoms with Gasteiger partial charge in [-0.15, -0.1) is 24.8 Å². The molecule has 3 rings (SSSR count). The highest BCUT2D eigenvalue weighted by Gasteiger charge is 2.34. The van der Waals surface area contributed by atoms with Crippen LogP contribution in [0.15, 0.2) is 0 Å².